The topological polar surface area (TPSA) is 63.1 Å². The van der Waals surface area contributed by atoms with Gasteiger partial charge in [-0.3, -0.25) is 10.1 Å². The van der Waals surface area contributed by atoms with Crippen molar-refractivity contribution in [1.82, 2.24) is 15.2 Å². The predicted molar refractivity (Wildman–Crippen MR) is 70.4 cm³/mol. The molecule has 1 saturated heterocycles. The van der Waals surface area contributed by atoms with Crippen molar-refractivity contribution >= 4 is 18.0 Å². The van der Waals surface area contributed by atoms with Crippen LogP contribution in [0.4, 0.5) is 9.18 Å². The fourth-order valence-electron chi connectivity index (χ4n) is 2.01. The molecule has 1 aromatic heterocycles. The van der Waals surface area contributed by atoms with Crippen LogP contribution in [0.25, 0.3) is 11.8 Å². The van der Waals surface area contributed by atoms with E-state index in [1.54, 1.807) is 41.1 Å². The van der Waals surface area contributed by atoms with Gasteiger partial charge in [-0.05, 0) is 30.3 Å². The van der Waals surface area contributed by atoms with Gasteiger partial charge in [0.05, 0.1) is 5.69 Å². The first-order valence-electron chi connectivity index (χ1n) is 5.91. The molecule has 0 aliphatic carbocycles. The standard InChI is InChI=1S/C14H10FN3O2/c15-10-5-1-2-6-12(10)18-7-3-4-9(18)8-11-13(19)17-14(20)16-11/h1-8H,(H2,16,17,19,20)/b11-8-. The second kappa shape index (κ2) is 4.65. The molecule has 2 aromatic rings. The number of aromatic nitrogens is 1. The molecule has 3 rings (SSSR count). The van der Waals surface area contributed by atoms with Gasteiger partial charge in [-0.15, -0.1) is 0 Å². The van der Waals surface area contributed by atoms with Crippen molar-refractivity contribution in [2.75, 3.05) is 0 Å². The first-order valence-corrected chi connectivity index (χ1v) is 5.91. The Balaban J connectivity index is 2.04. The van der Waals surface area contributed by atoms with E-state index in [0.29, 0.717) is 11.4 Å². The van der Waals surface area contributed by atoms with Crippen LogP contribution in [0.15, 0.2) is 48.3 Å². The minimum Gasteiger partial charge on any atom is -0.314 e. The predicted octanol–water partition coefficient (Wildman–Crippen LogP) is 1.80. The first kappa shape index (κ1) is 12.2. The molecule has 0 radical (unpaired) electrons. The minimum absolute atomic E-state index is 0.131. The lowest BCUT2D eigenvalue weighted by Crippen LogP contribution is -2.22. The molecule has 1 aromatic carbocycles. The molecule has 3 amide bonds. The zero-order valence-electron chi connectivity index (χ0n) is 10.3. The maximum atomic E-state index is 13.8. The molecule has 0 spiro atoms. The van der Waals surface area contributed by atoms with Crippen LogP contribution in [-0.2, 0) is 4.79 Å². The quantitative estimate of drug-likeness (QED) is 0.646. The van der Waals surface area contributed by atoms with E-state index in [1.165, 1.54) is 12.1 Å². The number of nitrogens with one attached hydrogen (secondary N) is 2. The summed E-state index contributed by atoms with van der Waals surface area (Å²) in [6.07, 6.45) is 3.17. The van der Waals surface area contributed by atoms with Crippen molar-refractivity contribution in [3.05, 3.63) is 59.8 Å². The fourth-order valence-corrected chi connectivity index (χ4v) is 2.01. The first-order chi connectivity index (χ1) is 9.65. The van der Waals surface area contributed by atoms with Gasteiger partial charge in [-0.25, -0.2) is 9.18 Å². The van der Waals surface area contributed by atoms with E-state index >= 15 is 0 Å². The molecular formula is C14H10FN3O2. The monoisotopic (exact) mass is 271 g/mol. The Labute approximate surface area is 113 Å². The number of benzene rings is 1. The zero-order valence-corrected chi connectivity index (χ0v) is 10.3. The van der Waals surface area contributed by atoms with Crippen molar-refractivity contribution in [2.45, 2.75) is 0 Å². The highest BCUT2D eigenvalue weighted by Crippen LogP contribution is 2.18. The summed E-state index contributed by atoms with van der Waals surface area (Å²) in [5, 5.41) is 4.50. The van der Waals surface area contributed by atoms with Crippen molar-refractivity contribution < 1.29 is 14.0 Å². The third kappa shape index (κ3) is 2.07. The van der Waals surface area contributed by atoms with Crippen LogP contribution in [0.2, 0.25) is 0 Å². The number of imide groups is 1. The normalized spacial score (nSPS) is 16.4. The number of hydrogen-bond acceptors (Lipinski definition) is 2. The van der Waals surface area contributed by atoms with Gasteiger partial charge in [0.25, 0.3) is 5.91 Å². The number of rotatable bonds is 2. The number of carbonyl (C=O) groups excluding carboxylic acids is 2. The average Bonchev–Trinajstić information content (AvgIpc) is 2.98. The van der Waals surface area contributed by atoms with E-state index in [9.17, 15) is 14.0 Å². The van der Waals surface area contributed by atoms with Crippen LogP contribution >= 0.6 is 0 Å². The summed E-state index contributed by atoms with van der Waals surface area (Å²) in [5.74, 6) is -0.875. The summed E-state index contributed by atoms with van der Waals surface area (Å²) < 4.78 is 15.4. The molecule has 5 nitrogen and oxygen atoms in total. The Morgan fingerprint density at radius 3 is 2.55 bits per heavy atom. The molecule has 1 fully saturated rings. The Bertz CT molecular complexity index is 734. The smallest absolute Gasteiger partial charge is 0.314 e. The van der Waals surface area contributed by atoms with Gasteiger partial charge in [0.15, 0.2) is 0 Å². The Morgan fingerprint density at radius 1 is 1.05 bits per heavy atom. The van der Waals surface area contributed by atoms with Gasteiger partial charge >= 0.3 is 6.03 Å². The SMILES string of the molecule is O=C1NC(=O)/C(=C/c2cccn2-c2ccccc2F)N1. The molecule has 0 atom stereocenters. The maximum Gasteiger partial charge on any atom is 0.326 e. The Hall–Kier alpha value is -2.89. The molecule has 0 bridgehead atoms. The second-order valence-electron chi connectivity index (χ2n) is 4.22. The Morgan fingerprint density at radius 2 is 1.85 bits per heavy atom. The third-order valence-electron chi connectivity index (χ3n) is 2.90. The average molecular weight is 271 g/mol. The lowest BCUT2D eigenvalue weighted by atomic mass is 10.2. The lowest BCUT2D eigenvalue weighted by molar-refractivity contribution is -0.115. The van der Waals surface area contributed by atoms with Gasteiger partial charge in [0, 0.05) is 11.9 Å². The van der Waals surface area contributed by atoms with Crippen molar-refractivity contribution in [3.8, 4) is 5.69 Å². The minimum atomic E-state index is -0.565. The van der Waals surface area contributed by atoms with Crippen molar-refractivity contribution in [1.29, 1.82) is 0 Å². The molecule has 100 valence electrons. The fraction of sp³-hybridized carbons (Fsp3) is 0. The summed E-state index contributed by atoms with van der Waals surface area (Å²) in [6, 6.07) is 9.20. The molecular weight excluding hydrogens is 261 g/mol. The van der Waals surface area contributed by atoms with Gasteiger partial charge in [-0.1, -0.05) is 12.1 Å². The van der Waals surface area contributed by atoms with Crippen molar-refractivity contribution in [2.24, 2.45) is 0 Å². The highest BCUT2D eigenvalue weighted by atomic mass is 19.1. The van der Waals surface area contributed by atoms with E-state index in [1.807, 2.05) is 0 Å². The molecule has 2 heterocycles. The molecule has 0 saturated carbocycles. The summed E-state index contributed by atoms with van der Waals surface area (Å²) in [7, 11) is 0. The number of urea groups is 1. The second-order valence-corrected chi connectivity index (χ2v) is 4.22. The number of amides is 3. The molecule has 0 unspecified atom stereocenters. The summed E-state index contributed by atoms with van der Waals surface area (Å²) >= 11 is 0. The van der Waals surface area contributed by atoms with Crippen LogP contribution in [0.5, 0.6) is 0 Å². The number of hydrogen-bond donors (Lipinski definition) is 2. The summed E-state index contributed by atoms with van der Waals surface area (Å²) in [4.78, 5) is 22.5. The van der Waals surface area contributed by atoms with Gasteiger partial charge in [-0.2, -0.15) is 0 Å². The van der Waals surface area contributed by atoms with Crippen LogP contribution in [0, 0.1) is 5.82 Å². The number of carbonyl (C=O) groups is 2. The van der Waals surface area contributed by atoms with Crippen LogP contribution in [0.1, 0.15) is 5.69 Å². The van der Waals surface area contributed by atoms with Crippen molar-refractivity contribution in [3.63, 3.8) is 0 Å². The third-order valence-corrected chi connectivity index (χ3v) is 2.90. The lowest BCUT2D eigenvalue weighted by Gasteiger charge is -2.07. The molecule has 1 aliphatic rings. The molecule has 20 heavy (non-hydrogen) atoms. The summed E-state index contributed by atoms with van der Waals surface area (Å²) in [5.41, 5.74) is 1.09. The Kier molecular flexibility index (Phi) is 2.83. The number of halogens is 1. The molecule has 2 N–H and O–H groups in total. The van der Waals surface area contributed by atoms with E-state index in [0.717, 1.165) is 0 Å². The van der Waals surface area contributed by atoms with E-state index in [2.05, 4.69) is 10.6 Å². The molecule has 6 heteroatoms. The van der Waals surface area contributed by atoms with Gasteiger partial charge in [0.1, 0.15) is 11.5 Å². The zero-order chi connectivity index (χ0) is 14.1. The van der Waals surface area contributed by atoms with Crippen LogP contribution < -0.4 is 10.6 Å². The number of nitrogens with zero attached hydrogens (tertiary/aromatic N) is 1. The molecule has 1 aliphatic heterocycles. The maximum absolute atomic E-state index is 13.8. The van der Waals surface area contributed by atoms with Crippen LogP contribution in [-0.4, -0.2) is 16.5 Å². The van der Waals surface area contributed by atoms with Crippen LogP contribution in [0.3, 0.4) is 0 Å². The highest BCUT2D eigenvalue weighted by Gasteiger charge is 2.23. The van der Waals surface area contributed by atoms with Gasteiger partial charge in [0.2, 0.25) is 0 Å². The van der Waals surface area contributed by atoms with E-state index in [4.69, 9.17) is 0 Å². The summed E-state index contributed by atoms with van der Waals surface area (Å²) in [6.45, 7) is 0. The highest BCUT2D eigenvalue weighted by molar-refractivity contribution is 6.13. The van der Waals surface area contributed by atoms with E-state index in [-0.39, 0.29) is 11.5 Å². The largest absolute Gasteiger partial charge is 0.326 e. The van der Waals surface area contributed by atoms with Gasteiger partial charge < -0.3 is 9.88 Å². The number of para-hydroxylation sites is 1. The van der Waals surface area contributed by atoms with E-state index < -0.39 is 11.9 Å².